The molecule has 0 atom stereocenters. The molecule has 2 aromatic carbocycles. The highest BCUT2D eigenvalue weighted by Gasteiger charge is 2.23. The highest BCUT2D eigenvalue weighted by Crippen LogP contribution is 2.33. The molecule has 0 N–H and O–H groups in total. The summed E-state index contributed by atoms with van der Waals surface area (Å²) >= 11 is 0. The minimum Gasteiger partial charge on any atom is -0.465 e. The molecule has 208 valence electrons. The van der Waals surface area contributed by atoms with E-state index in [4.69, 9.17) is 14.5 Å². The van der Waals surface area contributed by atoms with Crippen molar-refractivity contribution in [2.75, 3.05) is 46.5 Å². The number of pyridine rings is 1. The van der Waals surface area contributed by atoms with Gasteiger partial charge in [0.25, 0.3) is 0 Å². The predicted octanol–water partition coefficient (Wildman–Crippen LogP) is 5.08. The first-order valence-corrected chi connectivity index (χ1v) is 14.4. The predicted molar refractivity (Wildman–Crippen MR) is 156 cm³/mol. The Labute approximate surface area is 236 Å². The van der Waals surface area contributed by atoms with Crippen molar-refractivity contribution in [1.82, 2.24) is 19.4 Å². The highest BCUT2D eigenvalue weighted by molar-refractivity contribution is 5.89. The van der Waals surface area contributed by atoms with E-state index in [1.807, 2.05) is 30.5 Å². The van der Waals surface area contributed by atoms with Crippen molar-refractivity contribution < 1.29 is 14.3 Å². The van der Waals surface area contributed by atoms with E-state index in [9.17, 15) is 4.79 Å². The fourth-order valence-electron chi connectivity index (χ4n) is 6.16. The molecule has 0 spiro atoms. The first-order chi connectivity index (χ1) is 19.7. The highest BCUT2D eigenvalue weighted by atomic mass is 16.5. The first-order valence-electron chi connectivity index (χ1n) is 14.4. The molecule has 0 unspecified atom stereocenters. The summed E-state index contributed by atoms with van der Waals surface area (Å²) in [5.74, 6) is 0.234. The van der Waals surface area contributed by atoms with E-state index in [1.54, 1.807) is 0 Å². The minimum absolute atomic E-state index is 0.312. The van der Waals surface area contributed by atoms with Crippen LogP contribution < -0.4 is 0 Å². The van der Waals surface area contributed by atoms with E-state index in [2.05, 4.69) is 57.0 Å². The summed E-state index contributed by atoms with van der Waals surface area (Å²) in [4.78, 5) is 21.6. The quantitative estimate of drug-likeness (QED) is 0.292. The van der Waals surface area contributed by atoms with Gasteiger partial charge in [0.2, 0.25) is 0 Å². The average molecular weight is 539 g/mol. The number of methoxy groups -OCH3 is 1. The molecule has 6 rings (SSSR count). The van der Waals surface area contributed by atoms with E-state index in [1.165, 1.54) is 29.2 Å². The van der Waals surface area contributed by atoms with Crippen LogP contribution in [0.1, 0.15) is 51.4 Å². The number of aromatic nitrogens is 2. The zero-order valence-electron chi connectivity index (χ0n) is 23.3. The largest absolute Gasteiger partial charge is 0.465 e. The number of hydrogen-bond donors (Lipinski definition) is 0. The molecule has 0 radical (unpaired) electrons. The average Bonchev–Trinajstić information content (AvgIpc) is 3.41. The van der Waals surface area contributed by atoms with Crippen molar-refractivity contribution in [3.05, 3.63) is 101 Å². The van der Waals surface area contributed by atoms with Gasteiger partial charge in [0.1, 0.15) is 5.65 Å². The molecule has 0 amide bonds. The normalized spacial score (nSPS) is 17.3. The third-order valence-corrected chi connectivity index (χ3v) is 8.36. The van der Waals surface area contributed by atoms with Crippen molar-refractivity contribution >= 4 is 17.0 Å². The van der Waals surface area contributed by atoms with Gasteiger partial charge in [-0.2, -0.15) is 0 Å². The van der Waals surface area contributed by atoms with Gasteiger partial charge in [-0.3, -0.25) is 9.80 Å². The van der Waals surface area contributed by atoms with Crippen molar-refractivity contribution in [1.29, 1.82) is 0 Å². The summed E-state index contributed by atoms with van der Waals surface area (Å²) in [7, 11) is 1.40. The Hall–Kier alpha value is -3.52. The number of rotatable bonds is 8. The number of carbonyl (C=O) groups excluding carboxylic acids is 1. The Balaban J connectivity index is 1.08. The van der Waals surface area contributed by atoms with Crippen LogP contribution in [-0.4, -0.2) is 71.8 Å². The number of ether oxygens (including phenoxy) is 2. The Morgan fingerprint density at radius 1 is 0.875 bits per heavy atom. The minimum atomic E-state index is -0.312. The number of piperidine rings is 1. The van der Waals surface area contributed by atoms with Gasteiger partial charge in [-0.15, -0.1) is 0 Å². The summed E-state index contributed by atoms with van der Waals surface area (Å²) in [6.45, 7) is 8.68. The zero-order valence-corrected chi connectivity index (χ0v) is 23.3. The second-order valence-electron chi connectivity index (χ2n) is 11.0. The van der Waals surface area contributed by atoms with Crippen LogP contribution in [0.25, 0.3) is 11.0 Å². The Kier molecular flexibility index (Phi) is 8.23. The third kappa shape index (κ3) is 6.12. The van der Waals surface area contributed by atoms with Gasteiger partial charge < -0.3 is 14.0 Å². The van der Waals surface area contributed by atoms with E-state index >= 15 is 0 Å². The molecule has 2 aliphatic rings. The topological polar surface area (TPSA) is 59.8 Å². The first kappa shape index (κ1) is 26.7. The number of hydrogen-bond acceptors (Lipinski definition) is 6. The van der Waals surface area contributed by atoms with Crippen LogP contribution in [0.4, 0.5) is 0 Å². The Bertz CT molecular complexity index is 1430. The molecular formula is C33H38N4O3. The van der Waals surface area contributed by atoms with Gasteiger partial charge in [-0.05, 0) is 78.4 Å². The molecule has 2 fully saturated rings. The number of benzene rings is 2. The summed E-state index contributed by atoms with van der Waals surface area (Å²) in [5.41, 5.74) is 6.94. The molecule has 4 aromatic rings. The van der Waals surface area contributed by atoms with Crippen molar-refractivity contribution in [2.45, 2.75) is 38.4 Å². The fraction of sp³-hybridized carbons (Fsp3) is 0.394. The van der Waals surface area contributed by atoms with Gasteiger partial charge in [-0.1, -0.05) is 36.4 Å². The number of likely N-dealkylation sites (tertiary alicyclic amines) is 1. The molecule has 7 heteroatoms. The van der Waals surface area contributed by atoms with Crippen LogP contribution in [0, 0.1) is 0 Å². The van der Waals surface area contributed by atoms with Crippen LogP contribution in [0.5, 0.6) is 0 Å². The lowest BCUT2D eigenvalue weighted by Gasteiger charge is -2.32. The second-order valence-corrected chi connectivity index (χ2v) is 11.0. The lowest BCUT2D eigenvalue weighted by atomic mass is 9.88. The van der Waals surface area contributed by atoms with Crippen LogP contribution in [0.15, 0.2) is 73.1 Å². The van der Waals surface area contributed by atoms with Crippen LogP contribution in [-0.2, 0) is 29.1 Å². The maximum Gasteiger partial charge on any atom is 0.337 e. The summed E-state index contributed by atoms with van der Waals surface area (Å²) in [5, 5.41) is 1.25. The molecule has 2 aliphatic heterocycles. The molecule has 2 saturated heterocycles. The standard InChI is InChI=1S/C33H38N4O3/c1-39-33(38)29-7-5-25(6-8-29)24-37-16-12-31-30(9-13-34-32(31)37)28-10-14-35(15-11-28)22-26-3-2-4-27(21-26)23-36-17-19-40-20-18-36/h2-9,12-13,16,21,28H,10-11,14-15,17-20,22-24H2,1H3. The number of morpholine rings is 1. The van der Waals surface area contributed by atoms with Gasteiger partial charge in [-0.25, -0.2) is 9.78 Å². The lowest BCUT2D eigenvalue weighted by molar-refractivity contribution is 0.0342. The van der Waals surface area contributed by atoms with Crippen molar-refractivity contribution in [3.63, 3.8) is 0 Å². The number of fused-ring (bicyclic) bond motifs is 1. The summed E-state index contributed by atoms with van der Waals surface area (Å²) in [6, 6.07) is 21.2. The third-order valence-electron chi connectivity index (χ3n) is 8.36. The van der Waals surface area contributed by atoms with Gasteiger partial charge in [0.05, 0.1) is 25.9 Å². The number of carbonyl (C=O) groups is 1. The molecule has 7 nitrogen and oxygen atoms in total. The monoisotopic (exact) mass is 538 g/mol. The van der Waals surface area contributed by atoms with Gasteiger partial charge >= 0.3 is 5.97 Å². The second kappa shape index (κ2) is 12.3. The van der Waals surface area contributed by atoms with Crippen molar-refractivity contribution in [3.8, 4) is 0 Å². The van der Waals surface area contributed by atoms with E-state index in [0.717, 1.165) is 76.5 Å². The molecule has 40 heavy (non-hydrogen) atoms. The summed E-state index contributed by atoms with van der Waals surface area (Å²) < 4.78 is 12.5. The Morgan fingerprint density at radius 2 is 1.57 bits per heavy atom. The van der Waals surface area contributed by atoms with Crippen LogP contribution in [0.3, 0.4) is 0 Å². The maximum absolute atomic E-state index is 11.8. The fourth-order valence-corrected chi connectivity index (χ4v) is 6.16. The molecule has 0 bridgehead atoms. The Morgan fingerprint density at radius 3 is 2.27 bits per heavy atom. The van der Waals surface area contributed by atoms with Crippen molar-refractivity contribution in [2.24, 2.45) is 0 Å². The van der Waals surface area contributed by atoms with E-state index in [-0.39, 0.29) is 5.97 Å². The van der Waals surface area contributed by atoms with E-state index < -0.39 is 0 Å². The molecular weight excluding hydrogens is 500 g/mol. The lowest BCUT2D eigenvalue weighted by Crippen LogP contribution is -2.35. The van der Waals surface area contributed by atoms with E-state index in [0.29, 0.717) is 18.0 Å². The molecule has 4 heterocycles. The maximum atomic E-state index is 11.8. The van der Waals surface area contributed by atoms with Crippen LogP contribution >= 0.6 is 0 Å². The zero-order chi connectivity index (χ0) is 27.3. The smallest absolute Gasteiger partial charge is 0.337 e. The molecule has 0 aliphatic carbocycles. The number of nitrogens with zero attached hydrogens (tertiary/aromatic N) is 4. The van der Waals surface area contributed by atoms with Gasteiger partial charge in [0, 0.05) is 50.5 Å². The number of esters is 1. The van der Waals surface area contributed by atoms with Gasteiger partial charge in [0.15, 0.2) is 0 Å². The van der Waals surface area contributed by atoms with Crippen LogP contribution in [0.2, 0.25) is 0 Å². The SMILES string of the molecule is COC(=O)c1ccc(Cn2ccc3c(C4CCN(Cc5cccc(CN6CCOCC6)c5)CC4)ccnc32)cc1. The molecule has 2 aromatic heterocycles. The summed E-state index contributed by atoms with van der Waals surface area (Å²) in [6.07, 6.45) is 6.41. The molecule has 0 saturated carbocycles.